The summed E-state index contributed by atoms with van der Waals surface area (Å²) in [4.78, 5) is 2.08. The Morgan fingerprint density at radius 2 is 1.95 bits per heavy atom. The molecule has 1 heterocycles. The number of ether oxygens (including phenoxy) is 1. The van der Waals surface area contributed by atoms with E-state index in [1.54, 1.807) is 29.6 Å². The number of rotatable bonds is 6. The molecule has 0 bridgehead atoms. The Labute approximate surface area is 126 Å². The molecule has 1 aliphatic rings. The summed E-state index contributed by atoms with van der Waals surface area (Å²) in [5.74, 6) is 0.356. The van der Waals surface area contributed by atoms with E-state index in [1.165, 1.54) is 0 Å². The molecule has 0 unspecified atom stereocenters. The zero-order valence-electron chi connectivity index (χ0n) is 12.2. The molecular weight excluding hydrogens is 292 g/mol. The van der Waals surface area contributed by atoms with Gasteiger partial charge in [-0.05, 0) is 18.6 Å². The zero-order chi connectivity index (χ0) is 15.3. The van der Waals surface area contributed by atoms with Crippen LogP contribution in [0.4, 0.5) is 5.69 Å². The number of benzene rings is 1. The van der Waals surface area contributed by atoms with E-state index in [4.69, 9.17) is 4.74 Å². The van der Waals surface area contributed by atoms with Gasteiger partial charge in [0.15, 0.2) is 0 Å². The van der Waals surface area contributed by atoms with Gasteiger partial charge in [-0.3, -0.25) is 0 Å². The molecule has 6 nitrogen and oxygen atoms in total. The molecule has 1 N–H and O–H groups in total. The van der Waals surface area contributed by atoms with Gasteiger partial charge in [0.05, 0.1) is 5.75 Å². The highest BCUT2D eigenvalue weighted by Gasteiger charge is 2.26. The van der Waals surface area contributed by atoms with E-state index >= 15 is 0 Å². The van der Waals surface area contributed by atoms with Gasteiger partial charge in [-0.25, -0.2) is 8.42 Å². The molecule has 0 saturated carbocycles. The second-order valence-electron chi connectivity index (χ2n) is 5.07. The van der Waals surface area contributed by atoms with Crippen LogP contribution in [0.5, 0.6) is 5.75 Å². The van der Waals surface area contributed by atoms with E-state index in [0.717, 1.165) is 5.69 Å². The average Bonchev–Trinajstić information content (AvgIpc) is 2.47. The first-order valence-electron chi connectivity index (χ1n) is 7.03. The highest BCUT2D eigenvalue weighted by Crippen LogP contribution is 2.22. The molecule has 1 aromatic carbocycles. The second kappa shape index (κ2) is 7.11. The van der Waals surface area contributed by atoms with Crippen LogP contribution in [0.1, 0.15) is 6.42 Å². The Bertz CT molecular complexity index is 554. The first-order valence-corrected chi connectivity index (χ1v) is 8.64. The summed E-state index contributed by atoms with van der Waals surface area (Å²) >= 11 is 0. The van der Waals surface area contributed by atoms with Crippen LogP contribution in [0.15, 0.2) is 24.3 Å². The van der Waals surface area contributed by atoms with Crippen LogP contribution in [0.2, 0.25) is 0 Å². The van der Waals surface area contributed by atoms with Crippen molar-refractivity contribution >= 4 is 15.7 Å². The predicted molar refractivity (Wildman–Crippen MR) is 82.2 cm³/mol. The van der Waals surface area contributed by atoms with E-state index in [2.05, 4.69) is 4.90 Å². The van der Waals surface area contributed by atoms with Crippen LogP contribution in [0.3, 0.4) is 0 Å². The third-order valence-corrected chi connectivity index (χ3v) is 5.53. The lowest BCUT2D eigenvalue weighted by molar-refractivity contribution is 0.199. The molecule has 0 amide bonds. The van der Waals surface area contributed by atoms with Crippen LogP contribution in [-0.2, 0) is 14.8 Å². The fraction of sp³-hybridized carbons (Fsp3) is 0.571. The zero-order valence-corrected chi connectivity index (χ0v) is 13.1. The van der Waals surface area contributed by atoms with Gasteiger partial charge in [0.1, 0.15) is 5.75 Å². The van der Waals surface area contributed by atoms with Crippen LogP contribution in [-0.4, -0.2) is 63.5 Å². The quantitative estimate of drug-likeness (QED) is 0.789. The number of hydrogen-bond acceptors (Lipinski definition) is 5. The van der Waals surface area contributed by atoms with E-state index in [0.29, 0.717) is 39.2 Å². The molecule has 21 heavy (non-hydrogen) atoms. The molecule has 1 aliphatic heterocycles. The molecule has 7 heteroatoms. The predicted octanol–water partition coefficient (Wildman–Crippen LogP) is 0.880. The van der Waals surface area contributed by atoms with Crippen LogP contribution in [0, 0.1) is 0 Å². The first kappa shape index (κ1) is 16.1. The second-order valence-corrected chi connectivity index (χ2v) is 7.16. The van der Waals surface area contributed by atoms with Crippen LogP contribution in [0.25, 0.3) is 0 Å². The van der Waals surface area contributed by atoms with Crippen molar-refractivity contribution in [2.24, 2.45) is 0 Å². The maximum Gasteiger partial charge on any atom is 0.214 e. The van der Waals surface area contributed by atoms with Gasteiger partial charge >= 0.3 is 0 Å². The summed E-state index contributed by atoms with van der Waals surface area (Å²) in [7, 11) is -1.62. The van der Waals surface area contributed by atoms with Gasteiger partial charge in [0.25, 0.3) is 0 Å². The summed E-state index contributed by atoms with van der Waals surface area (Å²) < 4.78 is 30.8. The van der Waals surface area contributed by atoms with Crippen molar-refractivity contribution in [2.45, 2.75) is 6.42 Å². The van der Waals surface area contributed by atoms with Gasteiger partial charge in [-0.1, -0.05) is 6.07 Å². The smallest absolute Gasteiger partial charge is 0.214 e. The molecule has 1 fully saturated rings. The lowest BCUT2D eigenvalue weighted by atomic mass is 10.2. The minimum Gasteiger partial charge on any atom is -0.508 e. The van der Waals surface area contributed by atoms with Crippen molar-refractivity contribution < 1.29 is 18.3 Å². The molecule has 0 radical (unpaired) electrons. The fourth-order valence-electron chi connectivity index (χ4n) is 2.43. The van der Waals surface area contributed by atoms with Crippen LogP contribution < -0.4 is 4.90 Å². The fourth-order valence-corrected chi connectivity index (χ4v) is 3.89. The van der Waals surface area contributed by atoms with Crippen molar-refractivity contribution in [3.63, 3.8) is 0 Å². The summed E-state index contributed by atoms with van der Waals surface area (Å²) in [5, 5.41) is 9.50. The minimum atomic E-state index is -3.19. The number of methoxy groups -OCH3 is 1. The normalized spacial score (nSPS) is 17.1. The average molecular weight is 314 g/mol. The van der Waals surface area contributed by atoms with Crippen molar-refractivity contribution in [2.75, 3.05) is 50.5 Å². The van der Waals surface area contributed by atoms with Crippen molar-refractivity contribution in [3.8, 4) is 5.75 Å². The lowest BCUT2D eigenvalue weighted by Crippen LogP contribution is -2.49. The van der Waals surface area contributed by atoms with Gasteiger partial charge in [-0.15, -0.1) is 0 Å². The molecule has 0 aliphatic carbocycles. The third kappa shape index (κ3) is 4.33. The molecule has 2 rings (SSSR count). The standard InChI is InChI=1S/C14H22N2O4S/c1-20-10-3-11-21(18,19)16-8-6-15(7-9-16)13-4-2-5-14(17)12-13/h2,4-5,12,17H,3,6-11H2,1H3. The highest BCUT2D eigenvalue weighted by atomic mass is 32.2. The maximum atomic E-state index is 12.2. The van der Waals surface area contributed by atoms with Gasteiger partial charge in [0, 0.05) is 51.6 Å². The maximum absolute atomic E-state index is 12.2. The molecule has 0 spiro atoms. The van der Waals surface area contributed by atoms with Crippen molar-refractivity contribution in [3.05, 3.63) is 24.3 Å². The number of phenolic OH excluding ortho intramolecular Hbond substituents is 1. The molecule has 0 atom stereocenters. The largest absolute Gasteiger partial charge is 0.508 e. The summed E-state index contributed by atoms with van der Waals surface area (Å²) in [6, 6.07) is 7.03. The summed E-state index contributed by atoms with van der Waals surface area (Å²) in [5.41, 5.74) is 0.923. The highest BCUT2D eigenvalue weighted by molar-refractivity contribution is 7.89. The topological polar surface area (TPSA) is 70.1 Å². The van der Waals surface area contributed by atoms with Crippen molar-refractivity contribution in [1.82, 2.24) is 4.31 Å². The number of phenols is 1. The molecule has 118 valence electrons. The summed E-state index contributed by atoms with van der Waals surface area (Å²) in [6.07, 6.45) is 0.519. The minimum absolute atomic E-state index is 0.132. The van der Waals surface area contributed by atoms with E-state index < -0.39 is 10.0 Å². The molecular formula is C14H22N2O4S. The number of aromatic hydroxyl groups is 1. The number of hydrogen-bond donors (Lipinski definition) is 1. The Morgan fingerprint density at radius 3 is 2.57 bits per heavy atom. The number of sulfonamides is 1. The number of nitrogens with zero attached hydrogens (tertiary/aromatic N) is 2. The lowest BCUT2D eigenvalue weighted by Gasteiger charge is -2.35. The van der Waals surface area contributed by atoms with E-state index in [1.807, 2.05) is 6.07 Å². The Hall–Kier alpha value is -1.31. The third-order valence-electron chi connectivity index (χ3n) is 3.58. The SMILES string of the molecule is COCCCS(=O)(=O)N1CCN(c2cccc(O)c2)CC1. The first-order chi connectivity index (χ1) is 10.0. The molecule has 1 aromatic rings. The molecule has 1 saturated heterocycles. The van der Waals surface area contributed by atoms with Crippen LogP contribution >= 0.6 is 0 Å². The van der Waals surface area contributed by atoms with Gasteiger partial charge in [0.2, 0.25) is 10.0 Å². The number of anilines is 1. The summed E-state index contributed by atoms with van der Waals surface area (Å²) in [6.45, 7) is 2.68. The Kier molecular flexibility index (Phi) is 5.44. The van der Waals surface area contributed by atoms with Crippen molar-refractivity contribution in [1.29, 1.82) is 0 Å². The van der Waals surface area contributed by atoms with Gasteiger partial charge in [-0.2, -0.15) is 4.31 Å². The Morgan fingerprint density at radius 1 is 1.24 bits per heavy atom. The number of piperazine rings is 1. The van der Waals surface area contributed by atoms with Gasteiger partial charge < -0.3 is 14.7 Å². The monoisotopic (exact) mass is 314 g/mol. The molecule has 0 aromatic heterocycles. The van der Waals surface area contributed by atoms with E-state index in [9.17, 15) is 13.5 Å². The Balaban J connectivity index is 1.91. The van der Waals surface area contributed by atoms with E-state index in [-0.39, 0.29) is 11.5 Å².